The third kappa shape index (κ3) is 2.94. The number of hydrogen-bond donors (Lipinski definition) is 2. The number of nitrogen functional groups attached to an aromatic ring is 1. The molecule has 7 heteroatoms. The largest absolute Gasteiger partial charge is 0.384 e. The zero-order chi connectivity index (χ0) is 12.5. The molecule has 0 aliphatic carbocycles. The Hall–Kier alpha value is -1.63. The summed E-state index contributed by atoms with van der Waals surface area (Å²) in [5.41, 5.74) is 5.66. The van der Waals surface area contributed by atoms with Gasteiger partial charge >= 0.3 is 0 Å². The fraction of sp³-hybridized carbons (Fsp3) is 0.400. The van der Waals surface area contributed by atoms with Gasteiger partial charge in [0, 0.05) is 6.04 Å². The van der Waals surface area contributed by atoms with Crippen molar-refractivity contribution in [1.82, 2.24) is 10.3 Å². The van der Waals surface area contributed by atoms with Crippen LogP contribution < -0.4 is 11.1 Å². The molecule has 1 unspecified atom stereocenters. The summed E-state index contributed by atoms with van der Waals surface area (Å²) < 4.78 is 22.5. The third-order valence-corrected chi connectivity index (χ3v) is 4.34. The normalized spacial score (nSPS) is 22.2. The number of nitrogens with zero attached hydrogens (tertiary/aromatic N) is 1. The van der Waals surface area contributed by atoms with Crippen LogP contribution in [-0.2, 0) is 9.84 Å². The number of nitrogens with two attached hydrogens (primary N) is 1. The second kappa shape index (κ2) is 4.33. The van der Waals surface area contributed by atoms with Crippen LogP contribution in [0.4, 0.5) is 5.82 Å². The maximum absolute atomic E-state index is 11.7. The Morgan fingerprint density at radius 2 is 2.24 bits per heavy atom. The molecule has 2 heterocycles. The van der Waals surface area contributed by atoms with Crippen LogP contribution in [0.1, 0.15) is 16.9 Å². The summed E-state index contributed by atoms with van der Waals surface area (Å²) in [6, 6.07) is 4.42. The summed E-state index contributed by atoms with van der Waals surface area (Å²) in [7, 11) is -2.99. The van der Waals surface area contributed by atoms with Crippen LogP contribution in [0.15, 0.2) is 18.2 Å². The second-order valence-electron chi connectivity index (χ2n) is 4.02. The van der Waals surface area contributed by atoms with Gasteiger partial charge in [0.2, 0.25) is 0 Å². The predicted octanol–water partition coefficient (Wildman–Crippen LogP) is -0.419. The van der Waals surface area contributed by atoms with Gasteiger partial charge in [-0.05, 0) is 18.6 Å². The number of anilines is 1. The summed E-state index contributed by atoms with van der Waals surface area (Å²) in [5, 5.41) is 2.64. The summed E-state index contributed by atoms with van der Waals surface area (Å²) >= 11 is 0. The van der Waals surface area contributed by atoms with Crippen molar-refractivity contribution < 1.29 is 13.2 Å². The maximum atomic E-state index is 11.7. The van der Waals surface area contributed by atoms with E-state index < -0.39 is 9.84 Å². The van der Waals surface area contributed by atoms with Gasteiger partial charge in [-0.3, -0.25) is 4.79 Å². The van der Waals surface area contributed by atoms with Gasteiger partial charge < -0.3 is 11.1 Å². The summed E-state index contributed by atoms with van der Waals surface area (Å²) in [4.78, 5) is 15.6. The lowest BCUT2D eigenvalue weighted by Gasteiger charge is -2.10. The number of nitrogens with one attached hydrogen (secondary N) is 1. The van der Waals surface area contributed by atoms with Gasteiger partial charge in [0.15, 0.2) is 9.84 Å². The zero-order valence-corrected chi connectivity index (χ0v) is 9.90. The van der Waals surface area contributed by atoms with Crippen LogP contribution in [0, 0.1) is 0 Å². The molecular weight excluding hydrogens is 242 g/mol. The first-order valence-electron chi connectivity index (χ1n) is 5.20. The fourth-order valence-electron chi connectivity index (χ4n) is 1.75. The van der Waals surface area contributed by atoms with Crippen LogP contribution in [0.5, 0.6) is 0 Å². The molecule has 1 amide bonds. The standard InChI is InChI=1S/C10H13N3O3S/c11-9-3-1-2-8(13-9)10(14)12-7-4-5-17(15,16)6-7/h1-3,7H,4-6H2,(H2,11,13)(H,12,14). The van der Waals surface area contributed by atoms with Crippen LogP contribution in [0.2, 0.25) is 0 Å². The van der Waals surface area contributed by atoms with Crippen molar-refractivity contribution in [2.75, 3.05) is 17.2 Å². The first-order chi connectivity index (χ1) is 7.96. The van der Waals surface area contributed by atoms with E-state index in [4.69, 9.17) is 5.73 Å². The van der Waals surface area contributed by atoms with E-state index >= 15 is 0 Å². The van der Waals surface area contributed by atoms with Gasteiger partial charge in [0.25, 0.3) is 5.91 Å². The number of carbonyl (C=O) groups excluding carboxylic acids is 1. The molecule has 1 aliphatic rings. The summed E-state index contributed by atoms with van der Waals surface area (Å²) in [6.07, 6.45) is 0.455. The highest BCUT2D eigenvalue weighted by Crippen LogP contribution is 2.12. The van der Waals surface area contributed by atoms with Gasteiger partial charge in [-0.25, -0.2) is 13.4 Å². The lowest BCUT2D eigenvalue weighted by atomic mass is 10.2. The Kier molecular flexibility index (Phi) is 3.01. The molecule has 1 saturated heterocycles. The Morgan fingerprint density at radius 1 is 1.47 bits per heavy atom. The highest BCUT2D eigenvalue weighted by atomic mass is 32.2. The monoisotopic (exact) mass is 255 g/mol. The SMILES string of the molecule is Nc1cccc(C(=O)NC2CCS(=O)(=O)C2)n1. The van der Waals surface area contributed by atoms with E-state index in [0.717, 1.165) is 0 Å². The molecule has 0 saturated carbocycles. The van der Waals surface area contributed by atoms with Crippen LogP contribution in [0.3, 0.4) is 0 Å². The Bertz CT molecular complexity index is 541. The summed E-state index contributed by atoms with van der Waals surface area (Å²) in [5.74, 6) is -0.000284. The Morgan fingerprint density at radius 3 is 2.82 bits per heavy atom. The van der Waals surface area contributed by atoms with Crippen molar-refractivity contribution in [2.24, 2.45) is 0 Å². The lowest BCUT2D eigenvalue weighted by molar-refractivity contribution is 0.0936. The molecule has 1 aromatic rings. The molecule has 6 nitrogen and oxygen atoms in total. The van der Waals surface area contributed by atoms with Gasteiger partial charge in [-0.2, -0.15) is 0 Å². The van der Waals surface area contributed by atoms with Crippen molar-refractivity contribution in [1.29, 1.82) is 0 Å². The van der Waals surface area contributed by atoms with E-state index in [-0.39, 0.29) is 35.0 Å². The minimum absolute atomic E-state index is 0.00105. The van der Waals surface area contributed by atoms with Gasteiger partial charge in [0.05, 0.1) is 11.5 Å². The van der Waals surface area contributed by atoms with Crippen LogP contribution in [0.25, 0.3) is 0 Å². The number of pyridine rings is 1. The van der Waals surface area contributed by atoms with E-state index in [2.05, 4.69) is 10.3 Å². The number of amides is 1. The van der Waals surface area contributed by atoms with Gasteiger partial charge in [-0.1, -0.05) is 6.07 Å². The lowest BCUT2D eigenvalue weighted by Crippen LogP contribution is -2.36. The first-order valence-corrected chi connectivity index (χ1v) is 7.02. The fourth-order valence-corrected chi connectivity index (χ4v) is 3.42. The molecule has 0 radical (unpaired) electrons. The van der Waals surface area contributed by atoms with Gasteiger partial charge in [-0.15, -0.1) is 0 Å². The van der Waals surface area contributed by atoms with E-state index in [1.165, 1.54) is 6.07 Å². The molecule has 0 spiro atoms. The van der Waals surface area contributed by atoms with Crippen molar-refractivity contribution in [3.05, 3.63) is 23.9 Å². The molecule has 1 aliphatic heterocycles. The van der Waals surface area contributed by atoms with Gasteiger partial charge in [0.1, 0.15) is 11.5 Å². The minimum Gasteiger partial charge on any atom is -0.384 e. The molecular formula is C10H13N3O3S. The van der Waals surface area contributed by atoms with Crippen LogP contribution >= 0.6 is 0 Å². The molecule has 17 heavy (non-hydrogen) atoms. The Labute approximate surface area is 99.1 Å². The average Bonchev–Trinajstić information content (AvgIpc) is 2.58. The molecule has 1 atom stereocenters. The molecule has 0 bridgehead atoms. The highest BCUT2D eigenvalue weighted by Gasteiger charge is 2.29. The summed E-state index contributed by atoms with van der Waals surface area (Å²) in [6.45, 7) is 0. The number of rotatable bonds is 2. The number of carbonyl (C=O) groups is 1. The van der Waals surface area contributed by atoms with E-state index in [0.29, 0.717) is 6.42 Å². The average molecular weight is 255 g/mol. The molecule has 3 N–H and O–H groups in total. The van der Waals surface area contributed by atoms with E-state index in [1.54, 1.807) is 12.1 Å². The second-order valence-corrected chi connectivity index (χ2v) is 6.25. The van der Waals surface area contributed by atoms with Crippen molar-refractivity contribution in [3.8, 4) is 0 Å². The quantitative estimate of drug-likeness (QED) is 0.747. The minimum atomic E-state index is -2.99. The third-order valence-electron chi connectivity index (χ3n) is 2.57. The van der Waals surface area contributed by atoms with Crippen LogP contribution in [-0.4, -0.2) is 36.9 Å². The molecule has 1 fully saturated rings. The maximum Gasteiger partial charge on any atom is 0.270 e. The van der Waals surface area contributed by atoms with Crippen molar-refractivity contribution >= 4 is 21.6 Å². The first kappa shape index (κ1) is 11.8. The van der Waals surface area contributed by atoms with E-state index in [1.807, 2.05) is 0 Å². The molecule has 1 aromatic heterocycles. The molecule has 2 rings (SSSR count). The predicted molar refractivity (Wildman–Crippen MR) is 63.2 cm³/mol. The zero-order valence-electron chi connectivity index (χ0n) is 9.09. The smallest absolute Gasteiger partial charge is 0.270 e. The molecule has 0 aromatic carbocycles. The highest BCUT2D eigenvalue weighted by molar-refractivity contribution is 7.91. The number of sulfone groups is 1. The topological polar surface area (TPSA) is 102 Å². The number of hydrogen-bond acceptors (Lipinski definition) is 5. The Balaban J connectivity index is 2.03. The van der Waals surface area contributed by atoms with Crippen molar-refractivity contribution in [2.45, 2.75) is 12.5 Å². The number of aromatic nitrogens is 1. The van der Waals surface area contributed by atoms with Crippen molar-refractivity contribution in [3.63, 3.8) is 0 Å². The van der Waals surface area contributed by atoms with E-state index in [9.17, 15) is 13.2 Å². The molecule has 92 valence electrons.